The Hall–Kier alpha value is -4.57. The van der Waals surface area contributed by atoms with Crippen molar-refractivity contribution in [3.05, 3.63) is 100 Å². The summed E-state index contributed by atoms with van der Waals surface area (Å²) < 4.78 is 6.74. The number of thiophene rings is 1. The number of hydrogen-bond donors (Lipinski definition) is 1. The van der Waals surface area contributed by atoms with Crippen molar-refractivity contribution in [2.75, 3.05) is 11.9 Å². The van der Waals surface area contributed by atoms with Crippen LogP contribution in [0, 0.1) is 10.1 Å². The van der Waals surface area contributed by atoms with Crippen LogP contribution in [0.4, 0.5) is 11.4 Å². The van der Waals surface area contributed by atoms with E-state index in [-0.39, 0.29) is 5.69 Å². The average molecular weight is 474 g/mol. The molecule has 0 spiro atoms. The molecule has 2 aromatic heterocycles. The molecule has 2 aromatic carbocycles. The number of nitro groups is 1. The van der Waals surface area contributed by atoms with Crippen molar-refractivity contribution >= 4 is 40.7 Å². The van der Waals surface area contributed by atoms with E-state index in [0.717, 1.165) is 21.8 Å². The SMILES string of the molecule is O=C(COC(=O)/C=C/c1cn(-c2ccccc2)nc1-c1cccs1)Nc1ccc([N+](=O)[O-])cc1. The molecule has 0 atom stereocenters. The topological polar surface area (TPSA) is 116 Å². The summed E-state index contributed by atoms with van der Waals surface area (Å²) in [4.78, 5) is 35.3. The first kappa shape index (κ1) is 22.6. The van der Waals surface area contributed by atoms with Crippen LogP contribution in [0.15, 0.2) is 84.4 Å². The highest BCUT2D eigenvalue weighted by Gasteiger charge is 2.13. The second-order valence-corrected chi connectivity index (χ2v) is 7.93. The number of nitrogens with one attached hydrogen (secondary N) is 1. The summed E-state index contributed by atoms with van der Waals surface area (Å²) in [6, 6.07) is 18.8. The fourth-order valence-corrected chi connectivity index (χ4v) is 3.76. The molecule has 2 heterocycles. The highest BCUT2D eigenvalue weighted by molar-refractivity contribution is 7.13. The van der Waals surface area contributed by atoms with Gasteiger partial charge in [0.1, 0.15) is 5.69 Å². The molecule has 0 aliphatic heterocycles. The summed E-state index contributed by atoms with van der Waals surface area (Å²) in [5.74, 6) is -1.25. The van der Waals surface area contributed by atoms with Crippen molar-refractivity contribution in [1.82, 2.24) is 9.78 Å². The van der Waals surface area contributed by atoms with Gasteiger partial charge >= 0.3 is 5.97 Å². The Morgan fingerprint density at radius 2 is 1.85 bits per heavy atom. The molecule has 4 rings (SSSR count). The van der Waals surface area contributed by atoms with Crippen molar-refractivity contribution < 1.29 is 19.2 Å². The molecule has 0 fully saturated rings. The van der Waals surface area contributed by atoms with Crippen LogP contribution < -0.4 is 5.32 Å². The van der Waals surface area contributed by atoms with Gasteiger partial charge in [-0.2, -0.15) is 5.10 Å². The standard InChI is InChI=1S/C24H18N4O5S/c29-22(25-18-9-11-20(12-10-18)28(31)32)16-33-23(30)13-8-17-15-27(19-5-2-1-3-6-19)26-24(17)21-7-4-14-34-21/h1-15H,16H2,(H,25,29)/b13-8+. The van der Waals surface area contributed by atoms with Crippen molar-refractivity contribution in [3.63, 3.8) is 0 Å². The Kier molecular flexibility index (Phi) is 6.89. The van der Waals surface area contributed by atoms with E-state index in [1.165, 1.54) is 41.7 Å². The molecule has 1 N–H and O–H groups in total. The van der Waals surface area contributed by atoms with Gasteiger partial charge in [0.25, 0.3) is 11.6 Å². The molecule has 4 aromatic rings. The third-order valence-corrected chi connectivity index (χ3v) is 5.50. The smallest absolute Gasteiger partial charge is 0.331 e. The van der Waals surface area contributed by atoms with Gasteiger partial charge in [-0.05, 0) is 41.8 Å². The summed E-state index contributed by atoms with van der Waals surface area (Å²) in [7, 11) is 0. The highest BCUT2D eigenvalue weighted by Crippen LogP contribution is 2.28. The van der Waals surface area contributed by atoms with Gasteiger partial charge in [0.05, 0.1) is 15.5 Å². The fourth-order valence-electron chi connectivity index (χ4n) is 3.03. The second kappa shape index (κ2) is 10.4. The van der Waals surface area contributed by atoms with Crippen molar-refractivity contribution in [3.8, 4) is 16.3 Å². The van der Waals surface area contributed by atoms with Crippen LogP contribution in [0.1, 0.15) is 5.56 Å². The van der Waals surface area contributed by atoms with Gasteiger partial charge in [-0.3, -0.25) is 14.9 Å². The van der Waals surface area contributed by atoms with Crippen molar-refractivity contribution in [2.24, 2.45) is 0 Å². The van der Waals surface area contributed by atoms with E-state index in [0.29, 0.717) is 5.69 Å². The van der Waals surface area contributed by atoms with Crippen LogP contribution in [-0.2, 0) is 14.3 Å². The number of benzene rings is 2. The monoisotopic (exact) mass is 474 g/mol. The molecule has 0 saturated heterocycles. The summed E-state index contributed by atoms with van der Waals surface area (Å²) >= 11 is 1.53. The lowest BCUT2D eigenvalue weighted by Crippen LogP contribution is -2.20. The van der Waals surface area contributed by atoms with E-state index in [1.807, 2.05) is 54.0 Å². The van der Waals surface area contributed by atoms with Crippen LogP contribution in [0.25, 0.3) is 22.3 Å². The Labute approximate surface area is 198 Å². The lowest BCUT2D eigenvalue weighted by molar-refractivity contribution is -0.384. The summed E-state index contributed by atoms with van der Waals surface area (Å²) in [5, 5.41) is 19.8. The zero-order valence-electron chi connectivity index (χ0n) is 17.7. The molecule has 34 heavy (non-hydrogen) atoms. The number of nitrogens with zero attached hydrogens (tertiary/aromatic N) is 3. The number of amides is 1. The van der Waals surface area contributed by atoms with Gasteiger partial charge in [-0.25, -0.2) is 9.48 Å². The van der Waals surface area contributed by atoms with E-state index in [4.69, 9.17) is 4.74 Å². The molecule has 10 heteroatoms. The molecule has 1 amide bonds. The van der Waals surface area contributed by atoms with Crippen LogP contribution in [0.5, 0.6) is 0 Å². The van der Waals surface area contributed by atoms with Crippen molar-refractivity contribution in [2.45, 2.75) is 0 Å². The lowest BCUT2D eigenvalue weighted by Gasteiger charge is -2.05. The van der Waals surface area contributed by atoms with E-state index >= 15 is 0 Å². The number of esters is 1. The maximum atomic E-state index is 12.2. The van der Waals surface area contributed by atoms with Crippen LogP contribution in [0.3, 0.4) is 0 Å². The number of aromatic nitrogens is 2. The van der Waals surface area contributed by atoms with E-state index in [9.17, 15) is 19.7 Å². The fraction of sp³-hybridized carbons (Fsp3) is 0.0417. The maximum Gasteiger partial charge on any atom is 0.331 e. The molecule has 0 radical (unpaired) electrons. The van der Waals surface area contributed by atoms with Gasteiger partial charge in [0.15, 0.2) is 6.61 Å². The Morgan fingerprint density at radius 1 is 1.09 bits per heavy atom. The largest absolute Gasteiger partial charge is 0.452 e. The molecular weight excluding hydrogens is 456 g/mol. The number of nitro benzene ring substituents is 1. The van der Waals surface area contributed by atoms with Crippen LogP contribution in [0.2, 0.25) is 0 Å². The molecule has 0 saturated carbocycles. The number of para-hydroxylation sites is 1. The number of non-ortho nitro benzene ring substituents is 1. The number of hydrogen-bond acceptors (Lipinski definition) is 7. The molecule has 9 nitrogen and oxygen atoms in total. The van der Waals surface area contributed by atoms with Crippen molar-refractivity contribution in [1.29, 1.82) is 0 Å². The number of carbonyl (C=O) groups is 2. The lowest BCUT2D eigenvalue weighted by atomic mass is 10.2. The minimum absolute atomic E-state index is 0.0907. The third-order valence-electron chi connectivity index (χ3n) is 4.62. The Balaban J connectivity index is 1.40. The van der Waals surface area contributed by atoms with Gasteiger partial charge in [-0.1, -0.05) is 24.3 Å². The molecular formula is C24H18N4O5S. The zero-order valence-corrected chi connectivity index (χ0v) is 18.5. The average Bonchev–Trinajstić information content (AvgIpc) is 3.52. The van der Waals surface area contributed by atoms with Gasteiger partial charge in [0, 0.05) is 35.7 Å². The predicted octanol–water partition coefficient (Wildman–Crippen LogP) is 4.70. The number of ether oxygens (including phenoxy) is 1. The minimum atomic E-state index is -0.691. The zero-order chi connectivity index (χ0) is 23.9. The summed E-state index contributed by atoms with van der Waals surface area (Å²) in [6.07, 6.45) is 4.65. The van der Waals surface area contributed by atoms with Gasteiger partial charge in [-0.15, -0.1) is 11.3 Å². The van der Waals surface area contributed by atoms with Gasteiger partial charge < -0.3 is 10.1 Å². The minimum Gasteiger partial charge on any atom is -0.452 e. The highest BCUT2D eigenvalue weighted by atomic mass is 32.1. The third kappa shape index (κ3) is 5.61. The molecule has 0 bridgehead atoms. The quantitative estimate of drug-likeness (QED) is 0.171. The van der Waals surface area contributed by atoms with Crippen LogP contribution in [-0.4, -0.2) is 33.2 Å². The van der Waals surface area contributed by atoms with E-state index in [2.05, 4.69) is 10.4 Å². The first-order chi connectivity index (χ1) is 16.5. The molecule has 0 aliphatic carbocycles. The van der Waals surface area contributed by atoms with Gasteiger partial charge in [0.2, 0.25) is 0 Å². The first-order valence-corrected chi connectivity index (χ1v) is 11.0. The van der Waals surface area contributed by atoms with Crippen LogP contribution >= 0.6 is 11.3 Å². The second-order valence-electron chi connectivity index (χ2n) is 6.98. The van der Waals surface area contributed by atoms with E-state index < -0.39 is 23.4 Å². The predicted molar refractivity (Wildman–Crippen MR) is 129 cm³/mol. The Morgan fingerprint density at radius 3 is 2.53 bits per heavy atom. The molecule has 170 valence electrons. The summed E-state index contributed by atoms with van der Waals surface area (Å²) in [6.45, 7) is -0.499. The molecule has 0 unspecified atom stereocenters. The molecule has 0 aliphatic rings. The number of anilines is 1. The maximum absolute atomic E-state index is 12.2. The first-order valence-electron chi connectivity index (χ1n) is 10.1. The number of rotatable bonds is 8. The summed E-state index contributed by atoms with van der Waals surface area (Å²) in [5.41, 5.74) is 2.59. The van der Waals surface area contributed by atoms with E-state index in [1.54, 1.807) is 10.8 Å². The number of carbonyl (C=O) groups excluding carboxylic acids is 2. The normalized spacial score (nSPS) is 10.8. The Bertz CT molecular complexity index is 1330.